The molecule has 1 aliphatic heterocycles. The van der Waals surface area contributed by atoms with Crippen molar-refractivity contribution >= 4 is 5.91 Å². The Balaban J connectivity index is 2.22. The second kappa shape index (κ2) is 6.54. The quantitative estimate of drug-likeness (QED) is 0.879. The number of aliphatic hydroxyl groups excluding tert-OH is 1. The average molecular weight is 265 g/mol. The summed E-state index contributed by atoms with van der Waals surface area (Å²) in [6.07, 6.45) is 0. The van der Waals surface area contributed by atoms with Gasteiger partial charge in [0.25, 0.3) is 5.91 Å². The highest BCUT2D eigenvalue weighted by atomic mass is 16.5. The van der Waals surface area contributed by atoms with E-state index in [1.807, 2.05) is 19.1 Å². The van der Waals surface area contributed by atoms with E-state index in [0.717, 1.165) is 0 Å². The number of nitrogens with zero attached hydrogens (tertiary/aromatic N) is 1. The highest BCUT2D eigenvalue weighted by Gasteiger charge is 2.28. The predicted octanol–water partition coefficient (Wildman–Crippen LogP) is 0.919. The summed E-state index contributed by atoms with van der Waals surface area (Å²) in [4.78, 5) is 14.2. The Labute approximate surface area is 112 Å². The summed E-state index contributed by atoms with van der Waals surface area (Å²) < 4.78 is 10.8. The van der Waals surface area contributed by atoms with Crippen molar-refractivity contribution in [2.24, 2.45) is 0 Å². The number of amides is 1. The Morgan fingerprint density at radius 3 is 3.05 bits per heavy atom. The van der Waals surface area contributed by atoms with Gasteiger partial charge in [-0.3, -0.25) is 4.79 Å². The molecule has 5 heteroatoms. The lowest BCUT2D eigenvalue weighted by Crippen LogP contribution is -2.50. The van der Waals surface area contributed by atoms with E-state index in [1.54, 1.807) is 17.0 Å². The van der Waals surface area contributed by atoms with Crippen molar-refractivity contribution in [3.05, 3.63) is 29.8 Å². The minimum absolute atomic E-state index is 0.0947. The molecule has 0 spiro atoms. The molecule has 1 heterocycles. The minimum atomic E-state index is -0.282. The van der Waals surface area contributed by atoms with E-state index in [2.05, 4.69) is 0 Å². The minimum Gasteiger partial charge on any atom is -0.493 e. The van der Waals surface area contributed by atoms with Gasteiger partial charge in [-0.2, -0.15) is 0 Å². The molecule has 5 nitrogen and oxygen atoms in total. The Bertz CT molecular complexity index is 435. The fourth-order valence-corrected chi connectivity index (χ4v) is 2.15. The van der Waals surface area contributed by atoms with Gasteiger partial charge in [0.05, 0.1) is 38.0 Å². The second-order valence-electron chi connectivity index (χ2n) is 4.34. The summed E-state index contributed by atoms with van der Waals surface area (Å²) in [5, 5.41) is 9.32. The highest BCUT2D eigenvalue weighted by molar-refractivity contribution is 5.97. The molecule has 1 aliphatic rings. The van der Waals surface area contributed by atoms with Crippen LogP contribution < -0.4 is 4.74 Å². The van der Waals surface area contributed by atoms with Crippen LogP contribution >= 0.6 is 0 Å². The monoisotopic (exact) mass is 265 g/mol. The van der Waals surface area contributed by atoms with Crippen molar-refractivity contribution in [3.8, 4) is 5.75 Å². The topological polar surface area (TPSA) is 59.0 Å². The van der Waals surface area contributed by atoms with Gasteiger partial charge in [-0.25, -0.2) is 0 Å². The van der Waals surface area contributed by atoms with Crippen molar-refractivity contribution < 1.29 is 19.4 Å². The Kier molecular flexibility index (Phi) is 4.76. The van der Waals surface area contributed by atoms with Crippen LogP contribution in [-0.4, -0.2) is 54.9 Å². The number of aliphatic hydroxyl groups is 1. The smallest absolute Gasteiger partial charge is 0.258 e. The number of hydrogen-bond acceptors (Lipinski definition) is 4. The van der Waals surface area contributed by atoms with Gasteiger partial charge in [0.1, 0.15) is 5.75 Å². The van der Waals surface area contributed by atoms with Crippen LogP contribution in [0.2, 0.25) is 0 Å². The molecular weight excluding hydrogens is 246 g/mol. The first-order valence-electron chi connectivity index (χ1n) is 6.49. The first-order valence-corrected chi connectivity index (χ1v) is 6.49. The van der Waals surface area contributed by atoms with E-state index in [-0.39, 0.29) is 18.6 Å². The molecule has 19 heavy (non-hydrogen) atoms. The number of para-hydroxylation sites is 1. The number of hydrogen-bond donors (Lipinski definition) is 1. The van der Waals surface area contributed by atoms with Crippen LogP contribution in [0.3, 0.4) is 0 Å². The SMILES string of the molecule is CCOc1ccccc1C(=O)N1CCOCC1CO. The standard InChI is InChI=1S/C14H19NO4/c1-2-19-13-6-4-3-5-12(13)14(17)15-7-8-18-10-11(15)9-16/h3-6,11,16H,2,7-10H2,1H3. The van der Waals surface area contributed by atoms with E-state index in [1.165, 1.54) is 0 Å². The predicted molar refractivity (Wildman–Crippen MR) is 70.3 cm³/mol. The molecule has 2 rings (SSSR count). The molecule has 1 aromatic carbocycles. The molecular formula is C14H19NO4. The summed E-state index contributed by atoms with van der Waals surface area (Å²) in [5.74, 6) is 0.463. The maximum absolute atomic E-state index is 12.5. The van der Waals surface area contributed by atoms with Gasteiger partial charge in [-0.15, -0.1) is 0 Å². The maximum atomic E-state index is 12.5. The number of morpholine rings is 1. The van der Waals surface area contributed by atoms with Crippen molar-refractivity contribution in [1.29, 1.82) is 0 Å². The zero-order valence-corrected chi connectivity index (χ0v) is 11.0. The van der Waals surface area contributed by atoms with Crippen LogP contribution in [0, 0.1) is 0 Å². The Morgan fingerprint density at radius 1 is 1.53 bits per heavy atom. The van der Waals surface area contributed by atoms with Crippen LogP contribution in [-0.2, 0) is 4.74 Å². The molecule has 0 bridgehead atoms. The van der Waals surface area contributed by atoms with E-state index in [0.29, 0.717) is 37.7 Å². The lowest BCUT2D eigenvalue weighted by atomic mass is 10.1. The molecule has 1 unspecified atom stereocenters. The van der Waals surface area contributed by atoms with Gasteiger partial charge in [-0.1, -0.05) is 12.1 Å². The third kappa shape index (κ3) is 3.05. The molecule has 1 N–H and O–H groups in total. The number of rotatable bonds is 4. The summed E-state index contributed by atoms with van der Waals surface area (Å²) in [6, 6.07) is 6.90. The zero-order chi connectivity index (χ0) is 13.7. The molecule has 1 fully saturated rings. The van der Waals surface area contributed by atoms with Crippen molar-refractivity contribution in [1.82, 2.24) is 4.90 Å². The molecule has 0 radical (unpaired) electrons. The lowest BCUT2D eigenvalue weighted by Gasteiger charge is -2.34. The third-order valence-electron chi connectivity index (χ3n) is 3.12. The first kappa shape index (κ1) is 13.8. The van der Waals surface area contributed by atoms with E-state index < -0.39 is 0 Å². The molecule has 0 aliphatic carbocycles. The molecule has 1 aromatic rings. The van der Waals surface area contributed by atoms with Crippen molar-refractivity contribution in [2.45, 2.75) is 13.0 Å². The Hall–Kier alpha value is -1.59. The van der Waals surface area contributed by atoms with Crippen LogP contribution in [0.5, 0.6) is 5.75 Å². The molecule has 104 valence electrons. The highest BCUT2D eigenvalue weighted by Crippen LogP contribution is 2.21. The molecule has 0 saturated carbocycles. The Morgan fingerprint density at radius 2 is 2.32 bits per heavy atom. The van der Waals surface area contributed by atoms with E-state index in [9.17, 15) is 9.90 Å². The summed E-state index contributed by atoms with van der Waals surface area (Å²) in [5.41, 5.74) is 0.532. The van der Waals surface area contributed by atoms with E-state index in [4.69, 9.17) is 9.47 Å². The van der Waals surface area contributed by atoms with Gasteiger partial charge in [-0.05, 0) is 19.1 Å². The van der Waals surface area contributed by atoms with Crippen LogP contribution in [0.25, 0.3) is 0 Å². The largest absolute Gasteiger partial charge is 0.493 e. The van der Waals surface area contributed by atoms with Gasteiger partial charge < -0.3 is 19.5 Å². The number of ether oxygens (including phenoxy) is 2. The van der Waals surface area contributed by atoms with Gasteiger partial charge >= 0.3 is 0 Å². The fraction of sp³-hybridized carbons (Fsp3) is 0.500. The van der Waals surface area contributed by atoms with Crippen molar-refractivity contribution in [2.75, 3.05) is 33.0 Å². The van der Waals surface area contributed by atoms with Crippen LogP contribution in [0.15, 0.2) is 24.3 Å². The van der Waals surface area contributed by atoms with Crippen molar-refractivity contribution in [3.63, 3.8) is 0 Å². The average Bonchev–Trinajstić information content (AvgIpc) is 2.47. The van der Waals surface area contributed by atoms with Gasteiger partial charge in [0, 0.05) is 6.54 Å². The molecule has 1 atom stereocenters. The van der Waals surface area contributed by atoms with Gasteiger partial charge in [0.2, 0.25) is 0 Å². The molecule has 0 aromatic heterocycles. The van der Waals surface area contributed by atoms with Gasteiger partial charge in [0.15, 0.2) is 0 Å². The third-order valence-corrected chi connectivity index (χ3v) is 3.12. The summed E-state index contributed by atoms with van der Waals surface area (Å²) >= 11 is 0. The zero-order valence-electron chi connectivity index (χ0n) is 11.0. The normalized spacial score (nSPS) is 19.3. The number of benzene rings is 1. The lowest BCUT2D eigenvalue weighted by molar-refractivity contribution is -0.0185. The number of carbonyl (C=O) groups is 1. The van der Waals surface area contributed by atoms with E-state index >= 15 is 0 Å². The number of carbonyl (C=O) groups excluding carboxylic acids is 1. The molecule has 1 saturated heterocycles. The second-order valence-corrected chi connectivity index (χ2v) is 4.34. The van der Waals surface area contributed by atoms with Crippen LogP contribution in [0.1, 0.15) is 17.3 Å². The fourth-order valence-electron chi connectivity index (χ4n) is 2.15. The van der Waals surface area contributed by atoms with Crippen LogP contribution in [0.4, 0.5) is 0 Å². The maximum Gasteiger partial charge on any atom is 0.258 e. The first-order chi connectivity index (χ1) is 9.27. The summed E-state index contributed by atoms with van der Waals surface area (Å²) in [7, 11) is 0. The summed E-state index contributed by atoms with van der Waals surface area (Å²) in [6.45, 7) is 3.66. The molecule has 1 amide bonds.